The number of hydrogen-bond acceptors (Lipinski definition) is 4. The van der Waals surface area contributed by atoms with Crippen molar-refractivity contribution in [2.45, 2.75) is 103 Å². The highest BCUT2D eigenvalue weighted by atomic mass is 28.4. The van der Waals surface area contributed by atoms with Crippen LogP contribution in [0.2, 0.25) is 18.1 Å². The smallest absolute Gasteiger partial charge is 0.407 e. The molecular weight excluding hydrogens is 334 g/mol. The molecule has 6 heteroatoms. The highest BCUT2D eigenvalue weighted by Crippen LogP contribution is 2.37. The van der Waals surface area contributed by atoms with Gasteiger partial charge in [-0.05, 0) is 70.5 Å². The lowest BCUT2D eigenvalue weighted by atomic mass is 9.83. The van der Waals surface area contributed by atoms with Crippen molar-refractivity contribution >= 4 is 14.4 Å². The van der Waals surface area contributed by atoms with E-state index in [-0.39, 0.29) is 23.1 Å². The maximum atomic E-state index is 11.9. The monoisotopic (exact) mass is 373 g/mol. The summed E-state index contributed by atoms with van der Waals surface area (Å²) in [4.78, 5) is 11.9. The SMILES string of the molecule is CC(C)(C)OC(=O)N[C@H]1CC[C@H]([C@@H](O)CO[Si](C)(C)C(C)(C)C)CC1. The second-order valence-corrected chi connectivity index (χ2v) is 14.7. The van der Waals surface area contributed by atoms with Crippen LogP contribution in [-0.2, 0) is 9.16 Å². The second kappa shape index (κ2) is 8.40. The normalized spacial score (nSPS) is 23.9. The molecule has 0 aromatic rings. The summed E-state index contributed by atoms with van der Waals surface area (Å²) in [6.45, 7) is 17.1. The molecule has 5 nitrogen and oxygen atoms in total. The molecule has 0 saturated heterocycles. The van der Waals surface area contributed by atoms with E-state index < -0.39 is 20.0 Å². The number of nitrogens with one attached hydrogen (secondary N) is 1. The van der Waals surface area contributed by atoms with E-state index in [1.54, 1.807) is 0 Å². The summed E-state index contributed by atoms with van der Waals surface area (Å²) in [5, 5.41) is 13.6. The van der Waals surface area contributed by atoms with E-state index in [4.69, 9.17) is 9.16 Å². The van der Waals surface area contributed by atoms with Crippen LogP contribution < -0.4 is 5.32 Å². The van der Waals surface area contributed by atoms with Crippen LogP contribution in [-0.4, -0.2) is 43.9 Å². The van der Waals surface area contributed by atoms with Crippen molar-refractivity contribution < 1.29 is 19.1 Å². The molecule has 0 aliphatic heterocycles. The van der Waals surface area contributed by atoms with Gasteiger partial charge in [-0.25, -0.2) is 4.79 Å². The zero-order chi connectivity index (χ0) is 19.5. The van der Waals surface area contributed by atoms with Gasteiger partial charge < -0.3 is 19.6 Å². The van der Waals surface area contributed by atoms with Gasteiger partial charge in [-0.3, -0.25) is 0 Å². The van der Waals surface area contributed by atoms with Gasteiger partial charge in [0.25, 0.3) is 0 Å². The van der Waals surface area contributed by atoms with Gasteiger partial charge >= 0.3 is 6.09 Å². The van der Waals surface area contributed by atoms with Crippen LogP contribution >= 0.6 is 0 Å². The number of ether oxygens (including phenoxy) is 1. The Hall–Kier alpha value is -0.593. The van der Waals surface area contributed by atoms with Gasteiger partial charge in [0.2, 0.25) is 0 Å². The number of carbonyl (C=O) groups excluding carboxylic acids is 1. The van der Waals surface area contributed by atoms with Crippen molar-refractivity contribution in [3.8, 4) is 0 Å². The molecule has 1 amide bonds. The third kappa shape index (κ3) is 7.67. The Morgan fingerprint density at radius 2 is 1.64 bits per heavy atom. The van der Waals surface area contributed by atoms with Gasteiger partial charge in [-0.1, -0.05) is 20.8 Å². The first-order valence-electron chi connectivity index (χ1n) is 9.53. The van der Waals surface area contributed by atoms with Crippen molar-refractivity contribution in [1.82, 2.24) is 5.32 Å². The molecule has 1 saturated carbocycles. The highest BCUT2D eigenvalue weighted by Gasteiger charge is 2.38. The zero-order valence-corrected chi connectivity index (χ0v) is 18.4. The molecule has 0 radical (unpaired) electrons. The topological polar surface area (TPSA) is 67.8 Å². The van der Waals surface area contributed by atoms with E-state index >= 15 is 0 Å². The molecule has 1 atom stereocenters. The van der Waals surface area contributed by atoms with Crippen LogP contribution in [0.4, 0.5) is 4.79 Å². The summed E-state index contributed by atoms with van der Waals surface area (Å²) in [5.74, 6) is 0.251. The van der Waals surface area contributed by atoms with E-state index in [2.05, 4.69) is 39.2 Å². The molecule has 0 unspecified atom stereocenters. The van der Waals surface area contributed by atoms with E-state index in [0.29, 0.717) is 6.61 Å². The summed E-state index contributed by atoms with van der Waals surface area (Å²) < 4.78 is 11.5. The van der Waals surface area contributed by atoms with Crippen molar-refractivity contribution in [2.75, 3.05) is 6.61 Å². The Morgan fingerprint density at radius 3 is 2.08 bits per heavy atom. The molecule has 0 aromatic carbocycles. The molecule has 1 aliphatic rings. The number of alkyl carbamates (subject to hydrolysis) is 1. The predicted octanol–water partition coefficient (Wildman–Crippen LogP) is 4.45. The number of aliphatic hydroxyl groups excluding tert-OH is 1. The third-order valence-electron chi connectivity index (χ3n) is 5.46. The summed E-state index contributed by atoms with van der Waals surface area (Å²) in [7, 11) is -1.82. The molecule has 0 spiro atoms. The fourth-order valence-corrected chi connectivity index (χ4v) is 3.79. The molecule has 148 valence electrons. The highest BCUT2D eigenvalue weighted by molar-refractivity contribution is 6.74. The lowest BCUT2D eigenvalue weighted by molar-refractivity contribution is 0.0283. The van der Waals surface area contributed by atoms with Crippen molar-refractivity contribution in [3.63, 3.8) is 0 Å². The molecule has 25 heavy (non-hydrogen) atoms. The average molecular weight is 374 g/mol. The summed E-state index contributed by atoms with van der Waals surface area (Å²) in [6, 6.07) is 0.139. The third-order valence-corrected chi connectivity index (χ3v) is 9.96. The zero-order valence-electron chi connectivity index (χ0n) is 17.4. The van der Waals surface area contributed by atoms with Gasteiger partial charge in [-0.2, -0.15) is 0 Å². The largest absolute Gasteiger partial charge is 0.444 e. The Labute approximate surface area is 155 Å². The van der Waals surface area contributed by atoms with Crippen LogP contribution in [0.5, 0.6) is 0 Å². The molecule has 2 N–H and O–H groups in total. The minimum Gasteiger partial charge on any atom is -0.444 e. The molecule has 0 aromatic heterocycles. The van der Waals surface area contributed by atoms with Crippen molar-refractivity contribution in [3.05, 3.63) is 0 Å². The fraction of sp³-hybridized carbons (Fsp3) is 0.947. The van der Waals surface area contributed by atoms with E-state index in [1.807, 2.05) is 20.8 Å². The van der Waals surface area contributed by atoms with Gasteiger partial charge in [-0.15, -0.1) is 0 Å². The van der Waals surface area contributed by atoms with Gasteiger partial charge in [0.05, 0.1) is 12.7 Å². The maximum Gasteiger partial charge on any atom is 0.407 e. The maximum absolute atomic E-state index is 11.9. The molecule has 1 aliphatic carbocycles. The number of aliphatic hydroxyl groups is 1. The van der Waals surface area contributed by atoms with Gasteiger partial charge in [0, 0.05) is 6.04 Å². The minimum absolute atomic E-state index is 0.139. The Kier molecular flexibility index (Phi) is 7.54. The average Bonchev–Trinajstić information content (AvgIpc) is 2.42. The lowest BCUT2D eigenvalue weighted by Crippen LogP contribution is -2.45. The molecule has 0 bridgehead atoms. The van der Waals surface area contributed by atoms with Crippen molar-refractivity contribution in [1.29, 1.82) is 0 Å². The van der Waals surface area contributed by atoms with E-state index in [0.717, 1.165) is 25.7 Å². The van der Waals surface area contributed by atoms with Gasteiger partial charge in [0.15, 0.2) is 8.32 Å². The predicted molar refractivity (Wildman–Crippen MR) is 104 cm³/mol. The number of amides is 1. The van der Waals surface area contributed by atoms with Gasteiger partial charge in [0.1, 0.15) is 5.60 Å². The number of hydrogen-bond donors (Lipinski definition) is 2. The van der Waals surface area contributed by atoms with Crippen LogP contribution in [0, 0.1) is 5.92 Å². The quantitative estimate of drug-likeness (QED) is 0.699. The first-order chi connectivity index (χ1) is 11.2. The second-order valence-electron chi connectivity index (χ2n) is 9.90. The van der Waals surface area contributed by atoms with E-state index in [9.17, 15) is 9.90 Å². The number of carbonyl (C=O) groups is 1. The first-order valence-corrected chi connectivity index (χ1v) is 12.4. The Morgan fingerprint density at radius 1 is 1.12 bits per heavy atom. The Balaban J connectivity index is 2.37. The van der Waals surface area contributed by atoms with Crippen LogP contribution in [0.1, 0.15) is 67.2 Å². The Bertz CT molecular complexity index is 432. The van der Waals surface area contributed by atoms with E-state index in [1.165, 1.54) is 0 Å². The minimum atomic E-state index is -1.82. The molecular formula is C19H39NO4Si. The fourth-order valence-electron chi connectivity index (χ4n) is 2.77. The standard InChI is InChI=1S/C19H39NO4Si/c1-18(2,3)24-17(22)20-15-11-9-14(10-12-15)16(21)13-23-25(7,8)19(4,5)6/h14-16,21H,9-13H2,1-8H3,(H,20,22)/t14-,15-,16-/m0/s1. The summed E-state index contributed by atoms with van der Waals surface area (Å²) in [5.41, 5.74) is -0.474. The summed E-state index contributed by atoms with van der Waals surface area (Å²) in [6.07, 6.45) is 2.79. The van der Waals surface area contributed by atoms with Crippen LogP contribution in [0.15, 0.2) is 0 Å². The van der Waals surface area contributed by atoms with Crippen LogP contribution in [0.25, 0.3) is 0 Å². The summed E-state index contributed by atoms with van der Waals surface area (Å²) >= 11 is 0. The van der Waals surface area contributed by atoms with Crippen molar-refractivity contribution in [2.24, 2.45) is 5.92 Å². The first kappa shape index (κ1) is 22.4. The van der Waals surface area contributed by atoms with Crippen LogP contribution in [0.3, 0.4) is 0 Å². The molecule has 0 heterocycles. The lowest BCUT2D eigenvalue weighted by Gasteiger charge is -2.38. The molecule has 1 fully saturated rings. The number of rotatable bonds is 5. The molecule has 1 rings (SSSR count).